The molecule has 146 valence electrons. The highest BCUT2D eigenvalue weighted by Crippen LogP contribution is 2.37. The van der Waals surface area contributed by atoms with Crippen LogP contribution in [0.25, 0.3) is 0 Å². The van der Waals surface area contributed by atoms with Crippen molar-refractivity contribution in [2.24, 2.45) is 0 Å². The molecule has 0 aromatic heterocycles. The van der Waals surface area contributed by atoms with Crippen LogP contribution in [-0.4, -0.2) is 34.7 Å². The summed E-state index contributed by atoms with van der Waals surface area (Å²) in [4.78, 5) is 0. The Morgan fingerprint density at radius 1 is 1.15 bits per heavy atom. The molecule has 2 atom stereocenters. The highest BCUT2D eigenvalue weighted by atomic mass is 32.2. The van der Waals surface area contributed by atoms with E-state index in [-0.39, 0.29) is 22.0 Å². The Labute approximate surface area is 161 Å². The zero-order valence-electron chi connectivity index (χ0n) is 17.4. The molecule has 0 aliphatic carbocycles. The molecule has 1 unspecified atom stereocenters. The van der Waals surface area contributed by atoms with Crippen LogP contribution in [0.1, 0.15) is 67.0 Å². The van der Waals surface area contributed by atoms with E-state index in [1.165, 1.54) is 0 Å². The third-order valence-corrected chi connectivity index (χ3v) is 6.77. The molecule has 1 saturated heterocycles. The van der Waals surface area contributed by atoms with Gasteiger partial charge < -0.3 is 18.6 Å². The Morgan fingerprint density at radius 3 is 2.15 bits per heavy atom. The fourth-order valence-corrected chi connectivity index (χ4v) is 3.41. The Kier molecular flexibility index (Phi) is 6.11. The van der Waals surface area contributed by atoms with Crippen LogP contribution >= 0.6 is 0 Å². The lowest BCUT2D eigenvalue weighted by atomic mass is 9.78. The largest absolute Gasteiger partial charge is 0.598 e. The second-order valence-corrected chi connectivity index (χ2v) is 10.8. The van der Waals surface area contributed by atoms with Gasteiger partial charge >= 0.3 is 7.12 Å². The molecule has 1 heterocycles. The van der Waals surface area contributed by atoms with Crippen LogP contribution in [-0.2, 0) is 20.7 Å². The minimum atomic E-state index is -1.16. The van der Waals surface area contributed by atoms with Gasteiger partial charge in [-0.2, -0.15) is 0 Å². The Balaban J connectivity index is 2.23. The average Bonchev–Trinajstić information content (AvgIpc) is 2.73. The third-order valence-electron chi connectivity index (χ3n) is 5.09. The third kappa shape index (κ3) is 4.39. The zero-order chi connectivity index (χ0) is 19.9. The van der Waals surface area contributed by atoms with Crippen LogP contribution in [0.4, 0.5) is 0 Å². The van der Waals surface area contributed by atoms with E-state index in [4.69, 9.17) is 14.0 Å². The van der Waals surface area contributed by atoms with Crippen LogP contribution in [0.15, 0.2) is 18.2 Å². The maximum Gasteiger partial charge on any atom is 0.494 e. The molecular weight excluding hydrogens is 349 g/mol. The monoisotopic (exact) mass is 381 g/mol. The Hall–Kier alpha value is -0.725. The lowest BCUT2D eigenvalue weighted by Gasteiger charge is -2.32. The highest BCUT2D eigenvalue weighted by molar-refractivity contribution is 7.90. The second kappa shape index (κ2) is 7.36. The van der Waals surface area contributed by atoms with E-state index in [1.54, 1.807) is 7.11 Å². The van der Waals surface area contributed by atoms with E-state index < -0.39 is 18.5 Å². The van der Waals surface area contributed by atoms with Crippen LogP contribution < -0.4 is 14.9 Å². The minimum Gasteiger partial charge on any atom is -0.598 e. The zero-order valence-corrected chi connectivity index (χ0v) is 18.2. The number of ether oxygens (including phenoxy) is 1. The van der Waals surface area contributed by atoms with Gasteiger partial charge in [0.25, 0.3) is 0 Å². The molecule has 5 nitrogen and oxygen atoms in total. The molecule has 1 aliphatic heterocycles. The van der Waals surface area contributed by atoms with Crippen molar-refractivity contribution in [2.75, 3.05) is 7.11 Å². The summed E-state index contributed by atoms with van der Waals surface area (Å²) in [5, 5.41) is 0. The van der Waals surface area contributed by atoms with Gasteiger partial charge in [-0.1, -0.05) is 12.1 Å². The van der Waals surface area contributed by atoms with Gasteiger partial charge in [0.1, 0.15) is 10.5 Å². The Bertz CT molecular complexity index is 629. The summed E-state index contributed by atoms with van der Waals surface area (Å²) in [5.74, 6) is 0.725. The molecule has 26 heavy (non-hydrogen) atoms. The van der Waals surface area contributed by atoms with E-state index in [9.17, 15) is 4.55 Å². The number of rotatable bonds is 5. The number of methoxy groups -OCH3 is 1. The first kappa shape index (κ1) is 21.6. The first-order chi connectivity index (χ1) is 11.8. The molecule has 0 saturated carbocycles. The summed E-state index contributed by atoms with van der Waals surface area (Å²) >= 11 is -1.16. The predicted octanol–water partition coefficient (Wildman–Crippen LogP) is 3.11. The molecule has 0 spiro atoms. The van der Waals surface area contributed by atoms with Gasteiger partial charge in [0, 0.05) is 16.9 Å². The molecule has 1 N–H and O–H groups in total. The fourth-order valence-electron chi connectivity index (χ4n) is 2.61. The lowest BCUT2D eigenvalue weighted by molar-refractivity contribution is 0.00578. The Morgan fingerprint density at radius 2 is 1.69 bits per heavy atom. The van der Waals surface area contributed by atoms with Crippen molar-refractivity contribution < 1.29 is 18.6 Å². The van der Waals surface area contributed by atoms with Gasteiger partial charge in [0.2, 0.25) is 0 Å². The molecule has 0 amide bonds. The van der Waals surface area contributed by atoms with Crippen molar-refractivity contribution in [3.05, 3.63) is 23.8 Å². The normalized spacial score (nSPS) is 21.5. The summed E-state index contributed by atoms with van der Waals surface area (Å²) in [6.45, 7) is 16.0. The predicted molar refractivity (Wildman–Crippen MR) is 108 cm³/mol. The number of nitrogens with one attached hydrogen (secondary N) is 1. The molecule has 1 aromatic rings. The van der Waals surface area contributed by atoms with Crippen molar-refractivity contribution in [3.63, 3.8) is 0 Å². The summed E-state index contributed by atoms with van der Waals surface area (Å²) in [6, 6.07) is 5.79. The van der Waals surface area contributed by atoms with Gasteiger partial charge in [-0.3, -0.25) is 0 Å². The molecule has 7 heteroatoms. The van der Waals surface area contributed by atoms with Crippen LogP contribution in [0, 0.1) is 0 Å². The highest BCUT2D eigenvalue weighted by Gasteiger charge is 2.51. The molecule has 0 bridgehead atoms. The van der Waals surface area contributed by atoms with Crippen LogP contribution in [0.3, 0.4) is 0 Å². The molecule has 2 rings (SSSR count). The summed E-state index contributed by atoms with van der Waals surface area (Å²) in [7, 11) is 1.20. The van der Waals surface area contributed by atoms with Gasteiger partial charge in [0.15, 0.2) is 0 Å². The number of benzene rings is 1. The fraction of sp³-hybridized carbons (Fsp3) is 0.684. The van der Waals surface area contributed by atoms with Gasteiger partial charge in [0.05, 0.1) is 24.4 Å². The first-order valence-electron chi connectivity index (χ1n) is 9.00. The van der Waals surface area contributed by atoms with Gasteiger partial charge in [-0.05, 0) is 66.9 Å². The van der Waals surface area contributed by atoms with Crippen LogP contribution in [0.5, 0.6) is 5.75 Å². The maximum absolute atomic E-state index is 12.4. The molecule has 1 aliphatic rings. The molecule has 1 fully saturated rings. The van der Waals surface area contributed by atoms with Gasteiger partial charge in [-0.25, -0.2) is 0 Å². The smallest absolute Gasteiger partial charge is 0.494 e. The maximum atomic E-state index is 12.4. The quantitative estimate of drug-likeness (QED) is 0.627. The second-order valence-electron chi connectivity index (χ2n) is 8.81. The summed E-state index contributed by atoms with van der Waals surface area (Å²) in [5.41, 5.74) is 1.09. The van der Waals surface area contributed by atoms with Crippen molar-refractivity contribution in [2.45, 2.75) is 77.4 Å². The topological polar surface area (TPSA) is 62.8 Å². The van der Waals surface area contributed by atoms with E-state index in [1.807, 2.05) is 73.6 Å². The van der Waals surface area contributed by atoms with E-state index in [0.29, 0.717) is 0 Å². The summed E-state index contributed by atoms with van der Waals surface area (Å²) < 4.78 is 33.0. The SMILES string of the molecule is COc1cc(B2OC(C)(C)C(C)(C)O2)ccc1C(C)N[S@+]([O-])C(C)(C)C. The van der Waals surface area contributed by atoms with Crippen LogP contribution in [0.2, 0.25) is 0 Å². The van der Waals surface area contributed by atoms with Gasteiger partial charge in [-0.15, -0.1) is 4.72 Å². The minimum absolute atomic E-state index is 0.114. The standard InChI is InChI=1S/C19H32BNO4S/c1-13(21-26(22)17(2,3)4)15-11-10-14(12-16(15)23-9)20-24-18(5,6)19(7,8)25-20/h10-13,21H,1-9H3/t13?,26-/m1/s1. The van der Waals surface area contributed by atoms with E-state index >= 15 is 0 Å². The average molecular weight is 381 g/mol. The summed E-state index contributed by atoms with van der Waals surface area (Å²) in [6.07, 6.45) is 0. The molecule has 0 radical (unpaired) electrons. The van der Waals surface area contributed by atoms with E-state index in [2.05, 4.69) is 4.72 Å². The molecule has 1 aromatic carbocycles. The lowest BCUT2D eigenvalue weighted by Crippen LogP contribution is -2.41. The molecular formula is C19H32BNO4S. The first-order valence-corrected chi connectivity index (χ1v) is 10.1. The number of hydrogen-bond acceptors (Lipinski definition) is 5. The van der Waals surface area contributed by atoms with E-state index in [0.717, 1.165) is 16.8 Å². The van der Waals surface area contributed by atoms with Crippen molar-refractivity contribution in [1.82, 2.24) is 4.72 Å². The van der Waals surface area contributed by atoms with Crippen molar-refractivity contribution in [3.8, 4) is 5.75 Å². The number of hydrogen-bond donors (Lipinski definition) is 1. The van der Waals surface area contributed by atoms with Crippen molar-refractivity contribution >= 4 is 23.9 Å². The van der Waals surface area contributed by atoms with Crippen molar-refractivity contribution in [1.29, 1.82) is 0 Å².